The van der Waals surface area contributed by atoms with Crippen LogP contribution < -0.4 is 4.74 Å². The molecule has 4 nitrogen and oxygen atoms in total. The van der Waals surface area contributed by atoms with Crippen LogP contribution in [0.5, 0.6) is 5.75 Å². The van der Waals surface area contributed by atoms with Gasteiger partial charge in [0, 0.05) is 19.1 Å². The molecule has 1 aliphatic rings. The summed E-state index contributed by atoms with van der Waals surface area (Å²) in [5, 5.41) is 19.2. The summed E-state index contributed by atoms with van der Waals surface area (Å²) in [6, 6.07) is 16.2. The Kier molecular flexibility index (Phi) is 4.96. The highest BCUT2D eigenvalue weighted by atomic mass is 16.5. The first-order valence-corrected chi connectivity index (χ1v) is 7.94. The predicted octanol–water partition coefficient (Wildman–Crippen LogP) is 2.50. The van der Waals surface area contributed by atoms with E-state index in [0.717, 1.165) is 24.3 Å². The van der Waals surface area contributed by atoms with Crippen LogP contribution in [0.25, 0.3) is 0 Å². The van der Waals surface area contributed by atoms with Gasteiger partial charge in [-0.25, -0.2) is 0 Å². The van der Waals surface area contributed by atoms with Gasteiger partial charge in [-0.2, -0.15) is 0 Å². The quantitative estimate of drug-likeness (QED) is 0.890. The standard InChI is InChI=1S/C19H23NO3/c1-23-18-4-2-3-16(9-18)19-10-17(22)12-20(19)11-14-5-7-15(13-21)8-6-14/h2-9,17,19,21-22H,10-13H2,1H3/t17-,19-/m1/s1. The zero-order valence-corrected chi connectivity index (χ0v) is 13.4. The first kappa shape index (κ1) is 16.0. The lowest BCUT2D eigenvalue weighted by Crippen LogP contribution is -2.24. The Bertz CT molecular complexity index is 641. The number of hydrogen-bond acceptors (Lipinski definition) is 4. The van der Waals surface area contributed by atoms with E-state index in [0.29, 0.717) is 6.54 Å². The molecule has 2 N–H and O–H groups in total. The molecule has 122 valence electrons. The molecule has 2 aromatic rings. The van der Waals surface area contributed by atoms with Gasteiger partial charge >= 0.3 is 0 Å². The lowest BCUT2D eigenvalue weighted by molar-refractivity contribution is 0.172. The van der Waals surface area contributed by atoms with Gasteiger partial charge in [-0.1, -0.05) is 36.4 Å². The Hall–Kier alpha value is -1.88. The van der Waals surface area contributed by atoms with Crippen LogP contribution in [-0.2, 0) is 13.2 Å². The molecule has 0 saturated carbocycles. The Balaban J connectivity index is 1.78. The number of hydrogen-bond donors (Lipinski definition) is 2. The fourth-order valence-electron chi connectivity index (χ4n) is 3.23. The number of ether oxygens (including phenoxy) is 1. The Labute approximate surface area is 136 Å². The van der Waals surface area contributed by atoms with E-state index in [1.807, 2.05) is 42.5 Å². The zero-order valence-electron chi connectivity index (χ0n) is 13.4. The molecule has 1 aliphatic heterocycles. The molecule has 0 aliphatic carbocycles. The molecule has 0 spiro atoms. The van der Waals surface area contributed by atoms with E-state index in [1.165, 1.54) is 11.1 Å². The van der Waals surface area contributed by atoms with Crippen LogP contribution in [0, 0.1) is 0 Å². The van der Waals surface area contributed by atoms with Gasteiger partial charge in [0.15, 0.2) is 0 Å². The van der Waals surface area contributed by atoms with Crippen LogP contribution in [0.4, 0.5) is 0 Å². The molecule has 0 bridgehead atoms. The van der Waals surface area contributed by atoms with Gasteiger partial charge in [0.05, 0.1) is 19.8 Å². The maximum atomic E-state index is 10.1. The third kappa shape index (κ3) is 3.72. The van der Waals surface area contributed by atoms with Gasteiger partial charge in [-0.15, -0.1) is 0 Å². The van der Waals surface area contributed by atoms with E-state index >= 15 is 0 Å². The van der Waals surface area contributed by atoms with Crippen molar-refractivity contribution in [3.05, 3.63) is 65.2 Å². The van der Waals surface area contributed by atoms with Crippen molar-refractivity contribution in [2.45, 2.75) is 31.7 Å². The zero-order chi connectivity index (χ0) is 16.2. The second-order valence-electron chi connectivity index (χ2n) is 6.09. The van der Waals surface area contributed by atoms with Crippen LogP contribution in [0.2, 0.25) is 0 Å². The highest BCUT2D eigenvalue weighted by molar-refractivity contribution is 5.31. The van der Waals surface area contributed by atoms with Crippen LogP contribution in [-0.4, -0.2) is 34.9 Å². The first-order chi connectivity index (χ1) is 11.2. The van der Waals surface area contributed by atoms with Gasteiger partial charge in [0.1, 0.15) is 5.75 Å². The van der Waals surface area contributed by atoms with Crippen molar-refractivity contribution < 1.29 is 14.9 Å². The molecule has 2 atom stereocenters. The topological polar surface area (TPSA) is 52.9 Å². The maximum absolute atomic E-state index is 10.1. The van der Waals surface area contributed by atoms with Gasteiger partial charge in [-0.05, 0) is 35.2 Å². The van der Waals surface area contributed by atoms with Gasteiger partial charge in [-0.3, -0.25) is 4.90 Å². The summed E-state index contributed by atoms with van der Waals surface area (Å²) >= 11 is 0. The summed E-state index contributed by atoms with van der Waals surface area (Å²) < 4.78 is 5.32. The molecule has 0 amide bonds. The van der Waals surface area contributed by atoms with Crippen molar-refractivity contribution >= 4 is 0 Å². The monoisotopic (exact) mass is 313 g/mol. The summed E-state index contributed by atoms with van der Waals surface area (Å²) in [7, 11) is 1.67. The van der Waals surface area contributed by atoms with E-state index in [1.54, 1.807) is 7.11 Å². The van der Waals surface area contributed by atoms with Crippen LogP contribution in [0.1, 0.15) is 29.2 Å². The number of β-amino-alcohol motifs (C(OH)–C–C–N with tert-alkyl or cyclic N) is 1. The molecule has 23 heavy (non-hydrogen) atoms. The summed E-state index contributed by atoms with van der Waals surface area (Å²) in [6.45, 7) is 1.52. The van der Waals surface area contributed by atoms with E-state index < -0.39 is 0 Å². The van der Waals surface area contributed by atoms with Crippen molar-refractivity contribution in [2.75, 3.05) is 13.7 Å². The van der Waals surface area contributed by atoms with Crippen molar-refractivity contribution in [1.29, 1.82) is 0 Å². The number of aliphatic hydroxyl groups is 2. The molecular formula is C19H23NO3. The molecule has 0 unspecified atom stereocenters. The first-order valence-electron chi connectivity index (χ1n) is 7.94. The van der Waals surface area contributed by atoms with Crippen LogP contribution in [0.3, 0.4) is 0 Å². The fourth-order valence-corrected chi connectivity index (χ4v) is 3.23. The molecule has 1 fully saturated rings. The summed E-state index contributed by atoms with van der Waals surface area (Å²) in [6.07, 6.45) is 0.435. The Morgan fingerprint density at radius 1 is 1.13 bits per heavy atom. The summed E-state index contributed by atoms with van der Waals surface area (Å²) in [5.74, 6) is 0.844. The number of rotatable bonds is 5. The van der Waals surface area contributed by atoms with Crippen molar-refractivity contribution in [3.63, 3.8) is 0 Å². The van der Waals surface area contributed by atoms with E-state index in [9.17, 15) is 5.11 Å². The third-order valence-corrected chi connectivity index (χ3v) is 4.45. The molecule has 0 aromatic heterocycles. The van der Waals surface area contributed by atoms with E-state index in [2.05, 4.69) is 11.0 Å². The fraction of sp³-hybridized carbons (Fsp3) is 0.368. The van der Waals surface area contributed by atoms with Gasteiger partial charge < -0.3 is 14.9 Å². The number of nitrogens with zero attached hydrogens (tertiary/aromatic N) is 1. The van der Waals surface area contributed by atoms with Gasteiger partial charge in [0.25, 0.3) is 0 Å². The van der Waals surface area contributed by atoms with E-state index in [4.69, 9.17) is 9.84 Å². The smallest absolute Gasteiger partial charge is 0.119 e. The molecule has 0 radical (unpaired) electrons. The largest absolute Gasteiger partial charge is 0.497 e. The molecule has 3 rings (SSSR count). The van der Waals surface area contributed by atoms with Crippen molar-refractivity contribution in [1.82, 2.24) is 4.90 Å². The SMILES string of the molecule is COc1cccc([C@H]2C[C@@H](O)CN2Cc2ccc(CO)cc2)c1. The molecule has 4 heteroatoms. The third-order valence-electron chi connectivity index (χ3n) is 4.45. The normalized spacial score (nSPS) is 21.5. The van der Waals surface area contributed by atoms with Crippen molar-refractivity contribution in [3.8, 4) is 5.75 Å². The lowest BCUT2D eigenvalue weighted by atomic mass is 10.0. The minimum atomic E-state index is -0.303. The molecule has 2 aromatic carbocycles. The second kappa shape index (κ2) is 7.13. The molecule has 1 heterocycles. The molecule has 1 saturated heterocycles. The van der Waals surface area contributed by atoms with Crippen molar-refractivity contribution in [2.24, 2.45) is 0 Å². The van der Waals surface area contributed by atoms with Crippen LogP contribution in [0.15, 0.2) is 48.5 Å². The average Bonchev–Trinajstić information content (AvgIpc) is 2.96. The average molecular weight is 313 g/mol. The minimum Gasteiger partial charge on any atom is -0.497 e. The highest BCUT2D eigenvalue weighted by Crippen LogP contribution is 2.34. The van der Waals surface area contributed by atoms with Crippen LogP contribution >= 0.6 is 0 Å². The predicted molar refractivity (Wildman–Crippen MR) is 89.1 cm³/mol. The van der Waals surface area contributed by atoms with Gasteiger partial charge in [0.2, 0.25) is 0 Å². The summed E-state index contributed by atoms with van der Waals surface area (Å²) in [4.78, 5) is 2.30. The highest BCUT2D eigenvalue weighted by Gasteiger charge is 2.32. The lowest BCUT2D eigenvalue weighted by Gasteiger charge is -2.25. The second-order valence-corrected chi connectivity index (χ2v) is 6.09. The molecular weight excluding hydrogens is 290 g/mol. The summed E-state index contributed by atoms with van der Waals surface area (Å²) in [5.41, 5.74) is 3.27. The number of likely N-dealkylation sites (tertiary alicyclic amines) is 1. The number of methoxy groups -OCH3 is 1. The Morgan fingerprint density at radius 2 is 1.87 bits per heavy atom. The Morgan fingerprint density at radius 3 is 2.57 bits per heavy atom. The maximum Gasteiger partial charge on any atom is 0.119 e. The number of aliphatic hydroxyl groups excluding tert-OH is 2. The number of benzene rings is 2. The minimum absolute atomic E-state index is 0.0646. The van der Waals surface area contributed by atoms with E-state index in [-0.39, 0.29) is 18.8 Å².